The molecule has 0 amide bonds. The van der Waals surface area contributed by atoms with E-state index >= 15 is 0 Å². The van der Waals surface area contributed by atoms with Gasteiger partial charge in [-0.3, -0.25) is 9.36 Å². The summed E-state index contributed by atoms with van der Waals surface area (Å²) < 4.78 is 8.40. The van der Waals surface area contributed by atoms with Gasteiger partial charge in [0.2, 0.25) is 0 Å². The molecule has 2 aromatic carbocycles. The summed E-state index contributed by atoms with van der Waals surface area (Å²) in [7, 11) is 0. The molecule has 1 unspecified atom stereocenters. The number of ether oxygens (including phenoxy) is 1. The predicted octanol–water partition coefficient (Wildman–Crippen LogP) is 4.04. The first-order valence-corrected chi connectivity index (χ1v) is 12.1. The maximum Gasteiger partial charge on any atom is 0.338 e. The number of fused-ring (bicyclic) bond motifs is 2. The van der Waals surface area contributed by atoms with Crippen LogP contribution >= 0.6 is 27.3 Å². The minimum absolute atomic E-state index is 0.189. The lowest BCUT2D eigenvalue weighted by Gasteiger charge is -2.24. The van der Waals surface area contributed by atoms with Crippen molar-refractivity contribution >= 4 is 50.2 Å². The molecule has 1 atom stereocenters. The molecule has 0 aliphatic carbocycles. The summed E-state index contributed by atoms with van der Waals surface area (Å²) in [5.74, 6) is -0.461. The fourth-order valence-electron chi connectivity index (χ4n) is 4.11. The third-order valence-corrected chi connectivity index (χ3v) is 7.12. The molecular formula is C25H20BrN3O3S. The number of aromatic amines is 1. The number of carbonyl (C=O) groups is 1. The number of carbonyl (C=O) groups excluding carboxylic acids is 1. The second-order valence-corrected chi connectivity index (χ2v) is 9.57. The molecule has 1 N–H and O–H groups in total. The highest BCUT2D eigenvalue weighted by Crippen LogP contribution is 2.31. The standard InChI is InChI=1S/C25H20BrN3O3S/c1-3-32-24(31)21-14(2)28-25-29(22(21)15-8-10-17(26)11-9-15)23(30)20(33-25)12-16-13-27-19-7-5-4-6-18(16)19/h4-13,22,27H,3H2,1-2H3/b20-12-. The van der Waals surface area contributed by atoms with E-state index in [0.717, 1.165) is 26.5 Å². The number of hydrogen-bond donors (Lipinski definition) is 1. The van der Waals surface area contributed by atoms with Gasteiger partial charge in [0.1, 0.15) is 0 Å². The predicted molar refractivity (Wildman–Crippen MR) is 133 cm³/mol. The van der Waals surface area contributed by atoms with Gasteiger partial charge in [-0.05, 0) is 43.7 Å². The third-order valence-electron chi connectivity index (χ3n) is 5.61. The number of hydrogen-bond acceptors (Lipinski definition) is 5. The van der Waals surface area contributed by atoms with Gasteiger partial charge in [0, 0.05) is 27.1 Å². The summed E-state index contributed by atoms with van der Waals surface area (Å²) in [6.07, 6.45) is 3.77. The molecule has 0 saturated heterocycles. The van der Waals surface area contributed by atoms with E-state index in [2.05, 4.69) is 25.9 Å². The van der Waals surface area contributed by atoms with Crippen molar-refractivity contribution in [2.75, 3.05) is 6.61 Å². The lowest BCUT2D eigenvalue weighted by atomic mass is 9.96. The zero-order chi connectivity index (χ0) is 23.1. The number of nitrogens with zero attached hydrogens (tertiary/aromatic N) is 2. The fraction of sp³-hybridized carbons (Fsp3) is 0.160. The number of thiazole rings is 1. The number of allylic oxidation sites excluding steroid dienone is 1. The Balaban J connectivity index is 1.74. The van der Waals surface area contributed by atoms with Crippen LogP contribution in [0.3, 0.4) is 0 Å². The van der Waals surface area contributed by atoms with Crippen molar-refractivity contribution in [3.63, 3.8) is 0 Å². The highest BCUT2D eigenvalue weighted by molar-refractivity contribution is 9.10. The number of esters is 1. The van der Waals surface area contributed by atoms with Crippen LogP contribution in [0.25, 0.3) is 17.0 Å². The maximum absolute atomic E-state index is 13.6. The molecule has 4 aromatic rings. The van der Waals surface area contributed by atoms with Crippen LogP contribution in [0.15, 0.2) is 80.3 Å². The van der Waals surface area contributed by atoms with Crippen LogP contribution in [0.1, 0.15) is 31.0 Å². The van der Waals surface area contributed by atoms with Gasteiger partial charge in [0.15, 0.2) is 4.80 Å². The average Bonchev–Trinajstić information content (AvgIpc) is 3.35. The summed E-state index contributed by atoms with van der Waals surface area (Å²) in [5, 5.41) is 1.04. The first-order valence-electron chi connectivity index (χ1n) is 10.5. The molecule has 2 aromatic heterocycles. The molecule has 0 saturated carbocycles. The number of rotatable bonds is 4. The number of benzene rings is 2. The van der Waals surface area contributed by atoms with E-state index in [0.29, 0.717) is 20.6 Å². The van der Waals surface area contributed by atoms with Gasteiger partial charge >= 0.3 is 5.97 Å². The summed E-state index contributed by atoms with van der Waals surface area (Å²) in [4.78, 5) is 35.0. The minimum atomic E-state index is -0.612. The van der Waals surface area contributed by atoms with Crippen molar-refractivity contribution in [1.82, 2.24) is 9.55 Å². The Morgan fingerprint density at radius 2 is 2.00 bits per heavy atom. The van der Waals surface area contributed by atoms with Gasteiger partial charge in [0.05, 0.1) is 28.5 Å². The number of para-hydroxylation sites is 1. The summed E-state index contributed by atoms with van der Waals surface area (Å²) >= 11 is 4.78. The lowest BCUT2D eigenvalue weighted by Crippen LogP contribution is -2.39. The van der Waals surface area contributed by atoms with Crippen LogP contribution in [-0.2, 0) is 9.53 Å². The molecule has 1 aliphatic rings. The number of H-pyrrole nitrogens is 1. The first-order chi connectivity index (χ1) is 16.0. The van der Waals surface area contributed by atoms with Gasteiger partial charge in [-0.2, -0.15) is 0 Å². The van der Waals surface area contributed by atoms with Crippen molar-refractivity contribution in [2.24, 2.45) is 4.99 Å². The Bertz CT molecular complexity index is 1590. The number of nitrogens with one attached hydrogen (secondary N) is 1. The van der Waals surface area contributed by atoms with Crippen molar-refractivity contribution < 1.29 is 9.53 Å². The molecule has 6 nitrogen and oxygen atoms in total. The van der Waals surface area contributed by atoms with Crippen LogP contribution in [0.4, 0.5) is 0 Å². The van der Waals surface area contributed by atoms with Crippen LogP contribution in [0, 0.1) is 0 Å². The van der Waals surface area contributed by atoms with E-state index in [1.807, 2.05) is 60.8 Å². The Morgan fingerprint density at radius 1 is 1.24 bits per heavy atom. The van der Waals surface area contributed by atoms with Crippen LogP contribution in [0.5, 0.6) is 0 Å². The second kappa shape index (κ2) is 8.61. The SMILES string of the molecule is CCOC(=O)C1=C(C)N=c2s/c(=C\c3c[nH]c4ccccc34)c(=O)n2C1c1ccc(Br)cc1. The van der Waals surface area contributed by atoms with Crippen molar-refractivity contribution in [3.05, 3.63) is 101 Å². The number of halogens is 1. The van der Waals surface area contributed by atoms with Gasteiger partial charge in [-0.15, -0.1) is 0 Å². The Kier molecular flexibility index (Phi) is 5.64. The normalized spacial score (nSPS) is 16.1. The van der Waals surface area contributed by atoms with E-state index in [-0.39, 0.29) is 12.2 Å². The van der Waals surface area contributed by atoms with E-state index in [4.69, 9.17) is 4.74 Å². The van der Waals surface area contributed by atoms with E-state index in [9.17, 15) is 9.59 Å². The molecule has 0 fully saturated rings. The average molecular weight is 522 g/mol. The quantitative estimate of drug-likeness (QED) is 0.411. The summed E-state index contributed by atoms with van der Waals surface area (Å²) in [5.41, 5.74) is 3.50. The van der Waals surface area contributed by atoms with Gasteiger partial charge in [-0.25, -0.2) is 9.79 Å². The smallest absolute Gasteiger partial charge is 0.338 e. The monoisotopic (exact) mass is 521 g/mol. The van der Waals surface area contributed by atoms with Crippen LogP contribution in [0.2, 0.25) is 0 Å². The van der Waals surface area contributed by atoms with Gasteiger partial charge in [-0.1, -0.05) is 57.6 Å². The molecule has 0 bridgehead atoms. The molecule has 0 radical (unpaired) electrons. The molecule has 33 heavy (non-hydrogen) atoms. The summed E-state index contributed by atoms with van der Waals surface area (Å²) in [6.45, 7) is 3.79. The lowest BCUT2D eigenvalue weighted by molar-refractivity contribution is -0.139. The Labute approximate surface area is 201 Å². The Hall–Kier alpha value is -3.23. The molecule has 5 rings (SSSR count). The first kappa shape index (κ1) is 21.6. The minimum Gasteiger partial charge on any atom is -0.463 e. The van der Waals surface area contributed by atoms with Crippen LogP contribution < -0.4 is 14.9 Å². The molecule has 0 spiro atoms. The van der Waals surface area contributed by atoms with Crippen LogP contribution in [-0.4, -0.2) is 22.1 Å². The van der Waals surface area contributed by atoms with Crippen molar-refractivity contribution in [3.8, 4) is 0 Å². The zero-order valence-corrected chi connectivity index (χ0v) is 20.4. The van der Waals surface area contributed by atoms with Gasteiger partial charge in [0.25, 0.3) is 5.56 Å². The molecular weight excluding hydrogens is 502 g/mol. The highest BCUT2D eigenvalue weighted by Gasteiger charge is 2.33. The zero-order valence-electron chi connectivity index (χ0n) is 18.0. The van der Waals surface area contributed by atoms with Crippen molar-refractivity contribution in [1.29, 1.82) is 0 Å². The highest BCUT2D eigenvalue weighted by atomic mass is 79.9. The Morgan fingerprint density at radius 3 is 2.76 bits per heavy atom. The molecule has 3 heterocycles. The molecule has 166 valence electrons. The molecule has 1 aliphatic heterocycles. The summed E-state index contributed by atoms with van der Waals surface area (Å²) in [6, 6.07) is 14.9. The van der Waals surface area contributed by atoms with E-state index in [1.54, 1.807) is 18.4 Å². The van der Waals surface area contributed by atoms with Gasteiger partial charge < -0.3 is 9.72 Å². The second-order valence-electron chi connectivity index (χ2n) is 7.64. The molecule has 8 heteroatoms. The fourth-order valence-corrected chi connectivity index (χ4v) is 5.41. The topological polar surface area (TPSA) is 76.4 Å². The number of aromatic nitrogens is 2. The third kappa shape index (κ3) is 3.79. The van der Waals surface area contributed by atoms with Crippen molar-refractivity contribution in [2.45, 2.75) is 19.9 Å². The largest absolute Gasteiger partial charge is 0.463 e. The van der Waals surface area contributed by atoms with E-state index in [1.165, 1.54) is 11.3 Å². The van der Waals surface area contributed by atoms with E-state index < -0.39 is 12.0 Å². The maximum atomic E-state index is 13.6.